The van der Waals surface area contributed by atoms with Gasteiger partial charge in [0.05, 0.1) is 12.0 Å². The van der Waals surface area contributed by atoms with Crippen molar-refractivity contribution >= 4 is 49.7 Å². The number of alkyl halides is 2. The second-order valence-corrected chi connectivity index (χ2v) is 7.83. The first-order valence-corrected chi connectivity index (χ1v) is 7.97. The number of hydrogen-bond donors (Lipinski definition) is 0. The minimum atomic E-state index is -1.41. The van der Waals surface area contributed by atoms with Crippen molar-refractivity contribution in [1.82, 2.24) is 0 Å². The number of Topliss-reactive ketones (excluding diaryl/α,β-unsaturated/α-hetero) is 1. The molecule has 3 nitrogen and oxygen atoms in total. The smallest absolute Gasteiger partial charge is 0.274 e. The van der Waals surface area contributed by atoms with Crippen molar-refractivity contribution in [3.8, 4) is 0 Å². The van der Waals surface area contributed by atoms with Gasteiger partial charge in [0.25, 0.3) is 3.42 Å². The van der Waals surface area contributed by atoms with Gasteiger partial charge in [-0.25, -0.2) is 0 Å². The largest absolute Gasteiger partial charge is 0.289 e. The molecule has 0 amide bonds. The van der Waals surface area contributed by atoms with Crippen molar-refractivity contribution in [2.24, 2.45) is 0 Å². The lowest BCUT2D eigenvalue weighted by molar-refractivity contribution is -0.197. The lowest BCUT2D eigenvalue weighted by Crippen LogP contribution is -2.27. The molecule has 0 aliphatic carbocycles. The van der Waals surface area contributed by atoms with E-state index in [-0.39, 0.29) is 5.78 Å². The standard InChI is InChI=1S/C14H10Br2O3S/c15-14(16,13(17)11-7-3-1-4-8-11)18-19-20-12-9-5-2-6-10-12/h1-10H. The third kappa shape index (κ3) is 4.43. The van der Waals surface area contributed by atoms with Gasteiger partial charge in [0.1, 0.15) is 0 Å². The molecule has 0 radical (unpaired) electrons. The van der Waals surface area contributed by atoms with Crippen molar-refractivity contribution < 1.29 is 14.0 Å². The first kappa shape index (κ1) is 15.7. The molecule has 104 valence electrons. The zero-order valence-corrected chi connectivity index (χ0v) is 14.2. The van der Waals surface area contributed by atoms with Crippen molar-refractivity contribution in [2.45, 2.75) is 8.32 Å². The fraction of sp³-hybridized carbons (Fsp3) is 0.0714. The summed E-state index contributed by atoms with van der Waals surface area (Å²) in [5.74, 6) is -0.285. The molecule has 0 spiro atoms. The summed E-state index contributed by atoms with van der Waals surface area (Å²) in [6, 6.07) is 18.2. The molecule has 0 unspecified atom stereocenters. The number of ketones is 1. The normalized spacial score (nSPS) is 11.3. The first-order valence-electron chi connectivity index (χ1n) is 5.65. The Morgan fingerprint density at radius 2 is 1.50 bits per heavy atom. The summed E-state index contributed by atoms with van der Waals surface area (Å²) in [5, 5.41) is 0. The molecule has 2 rings (SSSR count). The molecule has 6 heteroatoms. The van der Waals surface area contributed by atoms with Crippen LogP contribution in [0.1, 0.15) is 10.4 Å². The summed E-state index contributed by atoms with van der Waals surface area (Å²) >= 11 is 7.35. The molecule has 0 N–H and O–H groups in total. The zero-order valence-electron chi connectivity index (χ0n) is 10.2. The fourth-order valence-electron chi connectivity index (χ4n) is 1.37. The van der Waals surface area contributed by atoms with E-state index in [0.29, 0.717) is 5.56 Å². The van der Waals surface area contributed by atoms with Crippen LogP contribution in [0, 0.1) is 0 Å². The third-order valence-electron chi connectivity index (χ3n) is 2.31. The van der Waals surface area contributed by atoms with Gasteiger partial charge >= 0.3 is 0 Å². The second-order valence-electron chi connectivity index (χ2n) is 3.76. The lowest BCUT2D eigenvalue weighted by Gasteiger charge is -2.17. The average molecular weight is 418 g/mol. The van der Waals surface area contributed by atoms with Crippen LogP contribution in [0.2, 0.25) is 0 Å². The molecule has 0 bridgehead atoms. The molecule has 2 aromatic rings. The molecule has 0 aromatic heterocycles. The third-order valence-corrected chi connectivity index (χ3v) is 3.90. The molecular weight excluding hydrogens is 408 g/mol. The summed E-state index contributed by atoms with van der Waals surface area (Å²) < 4.78 is 3.62. The molecule has 2 aromatic carbocycles. The van der Waals surface area contributed by atoms with Crippen LogP contribution in [0.15, 0.2) is 65.6 Å². The van der Waals surface area contributed by atoms with E-state index in [2.05, 4.69) is 31.9 Å². The number of rotatable bonds is 6. The van der Waals surface area contributed by atoms with Crippen LogP contribution in [0.5, 0.6) is 0 Å². The fourth-order valence-corrected chi connectivity index (χ4v) is 2.62. The molecule has 0 aliphatic rings. The topological polar surface area (TPSA) is 35.5 Å². The van der Waals surface area contributed by atoms with Crippen molar-refractivity contribution in [3.63, 3.8) is 0 Å². The van der Waals surface area contributed by atoms with Crippen molar-refractivity contribution in [1.29, 1.82) is 0 Å². The Morgan fingerprint density at radius 1 is 0.950 bits per heavy atom. The Balaban J connectivity index is 1.92. The first-order chi connectivity index (χ1) is 9.59. The van der Waals surface area contributed by atoms with Crippen LogP contribution >= 0.6 is 43.9 Å². The molecule has 0 fully saturated rings. The summed E-state index contributed by atoms with van der Waals surface area (Å²) in [7, 11) is 0. The molecule has 0 saturated heterocycles. The van der Waals surface area contributed by atoms with Crippen LogP contribution in [0.4, 0.5) is 0 Å². The van der Waals surface area contributed by atoms with Crippen LogP contribution in [0.3, 0.4) is 0 Å². The van der Waals surface area contributed by atoms with Gasteiger partial charge in [0.2, 0.25) is 5.78 Å². The SMILES string of the molecule is O=C(c1ccccc1)C(Br)(Br)OOSc1ccccc1. The monoisotopic (exact) mass is 416 g/mol. The summed E-state index contributed by atoms with van der Waals surface area (Å²) in [6.45, 7) is 0. The highest BCUT2D eigenvalue weighted by atomic mass is 79.9. The number of halogens is 2. The highest BCUT2D eigenvalue weighted by molar-refractivity contribution is 9.25. The predicted molar refractivity (Wildman–Crippen MR) is 85.8 cm³/mol. The van der Waals surface area contributed by atoms with E-state index in [0.717, 1.165) is 16.9 Å². The van der Waals surface area contributed by atoms with E-state index in [9.17, 15) is 4.79 Å². The van der Waals surface area contributed by atoms with Gasteiger partial charge in [-0.15, -0.1) is 0 Å². The maximum atomic E-state index is 12.2. The Morgan fingerprint density at radius 3 is 2.10 bits per heavy atom. The van der Waals surface area contributed by atoms with Crippen LogP contribution in [-0.4, -0.2) is 9.20 Å². The average Bonchev–Trinajstić information content (AvgIpc) is 2.48. The number of carbonyl (C=O) groups excluding carboxylic acids is 1. The van der Waals surface area contributed by atoms with E-state index in [1.807, 2.05) is 36.4 Å². The quantitative estimate of drug-likeness (QED) is 0.218. The highest BCUT2D eigenvalue weighted by Crippen LogP contribution is 2.34. The second kappa shape index (κ2) is 7.38. The van der Waals surface area contributed by atoms with Gasteiger partial charge in [-0.3, -0.25) is 4.79 Å². The summed E-state index contributed by atoms with van der Waals surface area (Å²) in [4.78, 5) is 18.2. The Hall–Kier alpha value is -0.660. The van der Waals surface area contributed by atoms with Crippen LogP contribution in [-0.2, 0) is 9.22 Å². The van der Waals surface area contributed by atoms with Crippen molar-refractivity contribution in [2.75, 3.05) is 0 Å². The van der Waals surface area contributed by atoms with Crippen LogP contribution < -0.4 is 0 Å². The van der Waals surface area contributed by atoms with Gasteiger partial charge < -0.3 is 0 Å². The Bertz CT molecular complexity index is 561. The number of benzene rings is 2. The Kier molecular flexibility index (Phi) is 5.80. The lowest BCUT2D eigenvalue weighted by atomic mass is 10.1. The predicted octanol–water partition coefficient (Wildman–Crippen LogP) is 4.97. The van der Waals surface area contributed by atoms with E-state index < -0.39 is 3.42 Å². The maximum Gasteiger partial charge on any atom is 0.274 e. The van der Waals surface area contributed by atoms with E-state index >= 15 is 0 Å². The van der Waals surface area contributed by atoms with E-state index in [4.69, 9.17) is 9.22 Å². The minimum absolute atomic E-state index is 0.285. The summed E-state index contributed by atoms with van der Waals surface area (Å²) in [6.07, 6.45) is 0. The zero-order chi connectivity index (χ0) is 14.4. The minimum Gasteiger partial charge on any atom is -0.289 e. The molecule has 0 heterocycles. The van der Waals surface area contributed by atoms with Gasteiger partial charge in [-0.2, -0.15) is 9.22 Å². The van der Waals surface area contributed by atoms with E-state index in [1.165, 1.54) is 0 Å². The number of hydrogen-bond acceptors (Lipinski definition) is 4. The Labute approximate surface area is 138 Å². The maximum absolute atomic E-state index is 12.2. The molecule has 0 aliphatic heterocycles. The number of carbonyl (C=O) groups is 1. The highest BCUT2D eigenvalue weighted by Gasteiger charge is 2.36. The van der Waals surface area contributed by atoms with Crippen molar-refractivity contribution in [3.05, 3.63) is 66.2 Å². The molecule has 0 saturated carbocycles. The molecule has 20 heavy (non-hydrogen) atoms. The van der Waals surface area contributed by atoms with Gasteiger partial charge in [0, 0.05) is 10.5 Å². The van der Waals surface area contributed by atoms with Gasteiger partial charge in [0.15, 0.2) is 0 Å². The van der Waals surface area contributed by atoms with E-state index in [1.54, 1.807) is 24.3 Å². The summed E-state index contributed by atoms with van der Waals surface area (Å²) in [5.41, 5.74) is 0.509. The van der Waals surface area contributed by atoms with Gasteiger partial charge in [-0.1, -0.05) is 48.5 Å². The van der Waals surface area contributed by atoms with Crippen LogP contribution in [0.25, 0.3) is 0 Å². The molecule has 0 atom stereocenters. The van der Waals surface area contributed by atoms with Gasteiger partial charge in [-0.05, 0) is 44.0 Å². The molecular formula is C14H10Br2O3S.